The van der Waals surface area contributed by atoms with Gasteiger partial charge in [0.15, 0.2) is 5.82 Å². The molecule has 0 saturated heterocycles. The number of nitrogens with zero attached hydrogens (tertiary/aromatic N) is 3. The summed E-state index contributed by atoms with van der Waals surface area (Å²) in [4.78, 5) is 4.40. The lowest BCUT2D eigenvalue weighted by Crippen LogP contribution is -1.99. The molecule has 19 heavy (non-hydrogen) atoms. The molecule has 0 bridgehead atoms. The zero-order valence-electron chi connectivity index (χ0n) is 9.95. The average Bonchev–Trinajstić information content (AvgIpc) is 3.03. The lowest BCUT2D eigenvalue weighted by Gasteiger charge is -2.04. The zero-order valence-corrected chi connectivity index (χ0v) is 9.95. The molecule has 0 aliphatic rings. The maximum absolute atomic E-state index is 5.84. The maximum Gasteiger partial charge on any atom is 0.165 e. The lowest BCUT2D eigenvalue weighted by atomic mass is 10.2. The molecular weight excluding hydrogens is 240 g/mol. The van der Waals surface area contributed by atoms with E-state index in [1.807, 2.05) is 30.3 Å². The average molecular weight is 250 g/mol. The normalized spacial score (nSPS) is 11.4. The predicted molar refractivity (Wildman–Crippen MR) is 73.0 cm³/mol. The molecule has 5 nitrogen and oxygen atoms in total. The van der Waals surface area contributed by atoms with Gasteiger partial charge in [-0.1, -0.05) is 0 Å². The van der Waals surface area contributed by atoms with Crippen molar-refractivity contribution in [1.82, 2.24) is 14.8 Å². The number of furan rings is 1. The Morgan fingerprint density at radius 2 is 2.11 bits per heavy atom. The molecule has 0 unspecified atom stereocenters. The molecule has 4 aromatic rings. The molecule has 0 amide bonds. The summed E-state index contributed by atoms with van der Waals surface area (Å²) < 4.78 is 7.17. The van der Waals surface area contributed by atoms with Gasteiger partial charge in [-0.3, -0.25) is 0 Å². The predicted octanol–water partition coefficient (Wildman–Crippen LogP) is 2.75. The highest BCUT2D eigenvalue weighted by atomic mass is 16.3. The molecule has 0 spiro atoms. The number of nitrogen functional groups attached to an aromatic ring is 1. The monoisotopic (exact) mass is 250 g/mol. The third kappa shape index (κ3) is 1.41. The minimum Gasteiger partial charge on any atom is -0.464 e. The topological polar surface area (TPSA) is 69.9 Å². The van der Waals surface area contributed by atoms with Crippen LogP contribution < -0.4 is 5.73 Å². The molecule has 2 N–H and O–H groups in total. The Hall–Kier alpha value is -2.82. The molecule has 0 radical (unpaired) electrons. The van der Waals surface area contributed by atoms with E-state index in [4.69, 9.17) is 10.2 Å². The molecule has 92 valence electrons. The molecule has 0 atom stereocenters. The first kappa shape index (κ1) is 10.1. The van der Waals surface area contributed by atoms with Crippen LogP contribution in [0.5, 0.6) is 0 Å². The molecule has 3 heterocycles. The zero-order chi connectivity index (χ0) is 12.8. The van der Waals surface area contributed by atoms with Gasteiger partial charge in [0, 0.05) is 17.3 Å². The van der Waals surface area contributed by atoms with Crippen molar-refractivity contribution in [3.63, 3.8) is 0 Å². The van der Waals surface area contributed by atoms with Crippen LogP contribution >= 0.6 is 0 Å². The first-order chi connectivity index (χ1) is 9.33. The Labute approximate surface area is 108 Å². The van der Waals surface area contributed by atoms with Crippen molar-refractivity contribution in [2.24, 2.45) is 0 Å². The number of hydrogen-bond acceptors (Lipinski definition) is 4. The Morgan fingerprint density at radius 3 is 3.05 bits per heavy atom. The van der Waals surface area contributed by atoms with Gasteiger partial charge >= 0.3 is 0 Å². The highest BCUT2D eigenvalue weighted by Gasteiger charge is 2.11. The van der Waals surface area contributed by atoms with Crippen LogP contribution in [0.4, 0.5) is 5.69 Å². The number of anilines is 1. The summed E-state index contributed by atoms with van der Waals surface area (Å²) >= 11 is 0. The van der Waals surface area contributed by atoms with Crippen molar-refractivity contribution in [3.05, 3.63) is 49.0 Å². The molecule has 0 saturated carbocycles. The molecule has 5 heteroatoms. The Kier molecular flexibility index (Phi) is 1.91. The quantitative estimate of drug-likeness (QED) is 0.527. The van der Waals surface area contributed by atoms with Crippen LogP contribution in [-0.2, 0) is 0 Å². The molecule has 0 aliphatic carbocycles. The summed E-state index contributed by atoms with van der Waals surface area (Å²) in [6.45, 7) is 0. The first-order valence-corrected chi connectivity index (χ1v) is 5.89. The molecular formula is C14H10N4O. The third-order valence-corrected chi connectivity index (χ3v) is 3.15. The van der Waals surface area contributed by atoms with E-state index in [1.54, 1.807) is 23.3 Å². The van der Waals surface area contributed by atoms with Crippen LogP contribution in [0.2, 0.25) is 0 Å². The van der Waals surface area contributed by atoms with Crippen molar-refractivity contribution in [2.75, 3.05) is 5.73 Å². The number of pyridine rings is 1. The molecule has 0 fully saturated rings. The van der Waals surface area contributed by atoms with Crippen molar-refractivity contribution >= 4 is 27.6 Å². The van der Waals surface area contributed by atoms with Crippen LogP contribution in [0.25, 0.3) is 27.7 Å². The fraction of sp³-hybridized carbons (Fsp3) is 0. The lowest BCUT2D eigenvalue weighted by molar-refractivity contribution is 0.615. The van der Waals surface area contributed by atoms with E-state index in [0.29, 0.717) is 5.69 Å². The fourth-order valence-electron chi connectivity index (χ4n) is 2.25. The van der Waals surface area contributed by atoms with E-state index in [-0.39, 0.29) is 0 Å². The molecule has 4 rings (SSSR count). The van der Waals surface area contributed by atoms with Gasteiger partial charge < -0.3 is 10.2 Å². The van der Waals surface area contributed by atoms with Crippen molar-refractivity contribution < 1.29 is 4.42 Å². The number of aromatic nitrogens is 3. The summed E-state index contributed by atoms with van der Waals surface area (Å²) in [6.07, 6.45) is 5.16. The Bertz CT molecular complexity index is 891. The highest BCUT2D eigenvalue weighted by Crippen LogP contribution is 2.25. The van der Waals surface area contributed by atoms with Crippen LogP contribution in [0.3, 0.4) is 0 Å². The Morgan fingerprint density at radius 1 is 1.16 bits per heavy atom. The number of rotatable bonds is 1. The van der Waals surface area contributed by atoms with E-state index in [0.717, 1.165) is 27.7 Å². The van der Waals surface area contributed by atoms with Crippen LogP contribution in [0.15, 0.2) is 53.4 Å². The van der Waals surface area contributed by atoms with Crippen molar-refractivity contribution in [2.45, 2.75) is 0 Å². The number of nitrogens with two attached hydrogens (primary N) is 1. The van der Waals surface area contributed by atoms with E-state index < -0.39 is 0 Å². The van der Waals surface area contributed by atoms with E-state index in [2.05, 4.69) is 10.1 Å². The van der Waals surface area contributed by atoms with E-state index in [1.165, 1.54) is 0 Å². The first-order valence-electron chi connectivity index (χ1n) is 5.89. The van der Waals surface area contributed by atoms with Crippen molar-refractivity contribution in [3.8, 4) is 5.82 Å². The maximum atomic E-state index is 5.84. The van der Waals surface area contributed by atoms with Gasteiger partial charge in [-0.05, 0) is 30.3 Å². The van der Waals surface area contributed by atoms with Gasteiger partial charge in [0.25, 0.3) is 0 Å². The second kappa shape index (κ2) is 3.58. The number of fused-ring (bicyclic) bond motifs is 2. The van der Waals surface area contributed by atoms with Gasteiger partial charge in [0.05, 0.1) is 23.4 Å². The summed E-state index contributed by atoms with van der Waals surface area (Å²) in [5.74, 6) is 0.742. The second-order valence-corrected chi connectivity index (χ2v) is 4.34. The summed E-state index contributed by atoms with van der Waals surface area (Å²) in [7, 11) is 0. The largest absolute Gasteiger partial charge is 0.464 e. The molecule has 3 aromatic heterocycles. The van der Waals surface area contributed by atoms with Gasteiger partial charge in [-0.2, -0.15) is 5.10 Å². The molecule has 1 aromatic carbocycles. The third-order valence-electron chi connectivity index (χ3n) is 3.15. The smallest absolute Gasteiger partial charge is 0.165 e. The van der Waals surface area contributed by atoms with Gasteiger partial charge in [-0.15, -0.1) is 0 Å². The fourth-order valence-corrected chi connectivity index (χ4v) is 2.25. The summed E-state index contributed by atoms with van der Waals surface area (Å²) in [5, 5.41) is 6.34. The number of hydrogen-bond donors (Lipinski definition) is 1. The standard InChI is InChI=1S/C14H10N4O/c15-10-2-1-9-8-17-18(12(9)7-10)14-11-4-6-19-13(11)3-5-16-14/h1-8H,15H2. The van der Waals surface area contributed by atoms with Gasteiger partial charge in [0.2, 0.25) is 0 Å². The second-order valence-electron chi connectivity index (χ2n) is 4.34. The summed E-state index contributed by atoms with van der Waals surface area (Å²) in [5.41, 5.74) is 8.27. The summed E-state index contributed by atoms with van der Waals surface area (Å²) in [6, 6.07) is 9.42. The number of benzene rings is 1. The van der Waals surface area contributed by atoms with Gasteiger partial charge in [-0.25, -0.2) is 9.67 Å². The van der Waals surface area contributed by atoms with Gasteiger partial charge in [0.1, 0.15) is 5.58 Å². The van der Waals surface area contributed by atoms with Crippen LogP contribution in [-0.4, -0.2) is 14.8 Å². The highest BCUT2D eigenvalue weighted by molar-refractivity contribution is 5.88. The van der Waals surface area contributed by atoms with Crippen LogP contribution in [0, 0.1) is 0 Å². The van der Waals surface area contributed by atoms with Crippen molar-refractivity contribution in [1.29, 1.82) is 0 Å². The minimum absolute atomic E-state index is 0.702. The minimum atomic E-state index is 0.702. The van der Waals surface area contributed by atoms with E-state index in [9.17, 15) is 0 Å². The van der Waals surface area contributed by atoms with Crippen LogP contribution in [0.1, 0.15) is 0 Å². The Balaban J connectivity index is 2.09. The SMILES string of the molecule is Nc1ccc2cnn(-c3nccc4occc34)c2c1. The van der Waals surface area contributed by atoms with E-state index >= 15 is 0 Å². The molecule has 0 aliphatic heterocycles.